The van der Waals surface area contributed by atoms with E-state index >= 15 is 0 Å². The van der Waals surface area contributed by atoms with Gasteiger partial charge in [-0.3, -0.25) is 0 Å². The maximum absolute atomic E-state index is 2.74. The number of aromatic nitrogens is 2. The van der Waals surface area contributed by atoms with Crippen LogP contribution in [0.2, 0.25) is 0 Å². The van der Waals surface area contributed by atoms with Crippen LogP contribution in [0.5, 0.6) is 0 Å². The van der Waals surface area contributed by atoms with E-state index in [1.807, 2.05) is 0 Å². The SMILES string of the molecule is CC(C)c1cc(C(C)C)c2c(c1)c1c3c4ccc(-c5cc(C(C)(C)C)cc(C(C)(C)C)c5)cc4n4c5c(C(C)C)cc(C(C)C)cc5c(c5c6ccc(-c7cc(C(C)(C)C)cc(C(C)(C)C)c7)cc6n2c51)c34. The Labute approximate surface area is 430 Å². The van der Waals surface area contributed by atoms with Gasteiger partial charge >= 0.3 is 0 Å². The van der Waals surface area contributed by atoms with Gasteiger partial charge < -0.3 is 8.80 Å². The minimum absolute atomic E-state index is 0.0165. The standard InChI is InChI=1S/C70H80N2/c1-37(2)43-29-53(39(5)6)63-55(31-43)61-59-51-23-21-42(46-27-49(69(15,16)17)36-50(28-46)70(18,19)20)34-58(51)72-64-54(40(7)8)30-44(38(3)4)32-56(64)62(66(59)72)60-52-24-22-41(33-57(52)71(63)65(60)61)45-25-47(67(9,10)11)35-48(26-45)68(12,13)14/h21-40H,1-20H3. The van der Waals surface area contributed by atoms with Crippen LogP contribution >= 0.6 is 0 Å². The first-order valence-electron chi connectivity index (χ1n) is 27.4. The molecule has 11 rings (SSSR count). The lowest BCUT2D eigenvalue weighted by Crippen LogP contribution is -2.16. The predicted octanol–water partition coefficient (Wildman–Crippen LogP) is 21.0. The van der Waals surface area contributed by atoms with E-state index in [4.69, 9.17) is 0 Å². The van der Waals surface area contributed by atoms with Crippen molar-refractivity contribution in [2.24, 2.45) is 0 Å². The number of hydrogen-bond donors (Lipinski definition) is 0. The quantitative estimate of drug-likeness (QED) is 0.157. The van der Waals surface area contributed by atoms with E-state index in [1.165, 1.54) is 143 Å². The molecule has 7 aromatic carbocycles. The minimum Gasteiger partial charge on any atom is -0.308 e. The maximum Gasteiger partial charge on any atom is 0.0634 e. The average molecular weight is 949 g/mol. The summed E-state index contributed by atoms with van der Waals surface area (Å²) in [7, 11) is 0. The highest BCUT2D eigenvalue weighted by Crippen LogP contribution is 2.55. The highest BCUT2D eigenvalue weighted by molar-refractivity contribution is 6.45. The summed E-state index contributed by atoms with van der Waals surface area (Å²) in [4.78, 5) is 0. The summed E-state index contributed by atoms with van der Waals surface area (Å²) in [5, 5.41) is 11.0. The molecule has 0 N–H and O–H groups in total. The maximum atomic E-state index is 2.74. The Balaban J connectivity index is 1.39. The van der Waals surface area contributed by atoms with Crippen LogP contribution < -0.4 is 0 Å². The average Bonchev–Trinajstić information content (AvgIpc) is 4.02. The van der Waals surface area contributed by atoms with Gasteiger partial charge in [-0.15, -0.1) is 0 Å². The number of fused-ring (bicyclic) bond motifs is 14. The first kappa shape index (κ1) is 48.4. The van der Waals surface area contributed by atoms with Gasteiger partial charge in [-0.25, -0.2) is 0 Å². The van der Waals surface area contributed by atoms with Crippen molar-refractivity contribution >= 4 is 76.2 Å². The molecule has 0 aliphatic heterocycles. The van der Waals surface area contributed by atoms with E-state index in [0.29, 0.717) is 23.7 Å². The van der Waals surface area contributed by atoms with Gasteiger partial charge in [-0.2, -0.15) is 0 Å². The molecule has 11 aromatic rings. The second-order valence-electron chi connectivity index (χ2n) is 27.6. The third kappa shape index (κ3) is 7.22. The molecule has 0 aliphatic carbocycles. The van der Waals surface area contributed by atoms with Gasteiger partial charge in [-0.05, 0) is 136 Å². The third-order valence-electron chi connectivity index (χ3n) is 16.8. The Morgan fingerprint density at radius 2 is 0.597 bits per heavy atom. The van der Waals surface area contributed by atoms with Crippen LogP contribution in [0.15, 0.2) is 97.1 Å². The molecule has 0 spiro atoms. The Morgan fingerprint density at radius 3 is 0.875 bits per heavy atom. The Hall–Kier alpha value is -5.86. The summed E-state index contributed by atoms with van der Waals surface area (Å²) < 4.78 is 5.48. The number of benzene rings is 7. The molecular weight excluding hydrogens is 869 g/mol. The van der Waals surface area contributed by atoms with E-state index < -0.39 is 0 Å². The van der Waals surface area contributed by atoms with Crippen LogP contribution in [0, 0.1) is 0 Å². The van der Waals surface area contributed by atoms with Gasteiger partial charge in [0.05, 0.1) is 33.1 Å². The van der Waals surface area contributed by atoms with Crippen molar-refractivity contribution in [3.63, 3.8) is 0 Å². The molecule has 72 heavy (non-hydrogen) atoms. The van der Waals surface area contributed by atoms with Gasteiger partial charge in [-0.1, -0.05) is 211 Å². The Kier molecular flexibility index (Phi) is 10.6. The fourth-order valence-corrected chi connectivity index (χ4v) is 12.2. The summed E-state index contributed by atoms with van der Waals surface area (Å²) >= 11 is 0. The van der Waals surface area contributed by atoms with Crippen molar-refractivity contribution in [1.29, 1.82) is 0 Å². The molecule has 2 heteroatoms. The van der Waals surface area contributed by atoms with Crippen molar-refractivity contribution in [1.82, 2.24) is 8.80 Å². The zero-order valence-electron chi connectivity index (χ0n) is 47.4. The molecule has 0 bridgehead atoms. The van der Waals surface area contributed by atoms with Gasteiger partial charge in [0.15, 0.2) is 0 Å². The summed E-state index contributed by atoms with van der Waals surface area (Å²) in [6, 6.07) is 40.0. The fraction of sp³-hybridized carbons (Fsp3) is 0.400. The lowest BCUT2D eigenvalue weighted by atomic mass is 9.79. The second kappa shape index (κ2) is 15.8. The number of rotatable bonds is 6. The molecular formula is C70H80N2. The molecule has 370 valence electrons. The Morgan fingerprint density at radius 1 is 0.292 bits per heavy atom. The van der Waals surface area contributed by atoms with Gasteiger partial charge in [0.25, 0.3) is 0 Å². The van der Waals surface area contributed by atoms with Gasteiger partial charge in [0, 0.05) is 43.1 Å². The predicted molar refractivity (Wildman–Crippen MR) is 318 cm³/mol. The van der Waals surface area contributed by atoms with Crippen LogP contribution in [0.4, 0.5) is 0 Å². The Bertz CT molecular complexity index is 3670. The van der Waals surface area contributed by atoms with E-state index in [1.54, 1.807) is 0 Å². The lowest BCUT2D eigenvalue weighted by Gasteiger charge is -2.26. The number of nitrogens with zero attached hydrogens (tertiary/aromatic N) is 2. The van der Waals surface area contributed by atoms with Crippen molar-refractivity contribution in [3.05, 3.63) is 142 Å². The smallest absolute Gasteiger partial charge is 0.0634 e. The van der Waals surface area contributed by atoms with E-state index in [2.05, 4.69) is 244 Å². The van der Waals surface area contributed by atoms with Gasteiger partial charge in [0.1, 0.15) is 0 Å². The number of hydrogen-bond acceptors (Lipinski definition) is 0. The summed E-state index contributed by atoms with van der Waals surface area (Å²) in [6.07, 6.45) is 0. The van der Waals surface area contributed by atoms with Crippen LogP contribution in [0.25, 0.3) is 98.4 Å². The van der Waals surface area contributed by atoms with Gasteiger partial charge in [0.2, 0.25) is 0 Å². The molecule has 0 aliphatic rings. The second-order valence-corrected chi connectivity index (χ2v) is 27.6. The first-order chi connectivity index (χ1) is 33.5. The first-order valence-corrected chi connectivity index (χ1v) is 27.4. The molecule has 0 unspecified atom stereocenters. The minimum atomic E-state index is 0.0165. The molecule has 0 saturated heterocycles. The third-order valence-corrected chi connectivity index (χ3v) is 16.8. The zero-order valence-corrected chi connectivity index (χ0v) is 47.4. The highest BCUT2D eigenvalue weighted by atomic mass is 14.9. The molecule has 4 heterocycles. The van der Waals surface area contributed by atoms with E-state index in [-0.39, 0.29) is 21.7 Å². The highest BCUT2D eigenvalue weighted by Gasteiger charge is 2.33. The van der Waals surface area contributed by atoms with Crippen LogP contribution in [-0.4, -0.2) is 8.80 Å². The summed E-state index contributed by atoms with van der Waals surface area (Å²) in [5.74, 6) is 1.44. The zero-order chi connectivity index (χ0) is 51.8. The monoisotopic (exact) mass is 949 g/mol. The normalized spacial score (nSPS) is 13.8. The largest absolute Gasteiger partial charge is 0.308 e. The lowest BCUT2D eigenvalue weighted by molar-refractivity contribution is 0.568. The van der Waals surface area contributed by atoms with Crippen LogP contribution in [0.3, 0.4) is 0 Å². The summed E-state index contributed by atoms with van der Waals surface area (Å²) in [6.45, 7) is 47.3. The van der Waals surface area contributed by atoms with E-state index in [9.17, 15) is 0 Å². The van der Waals surface area contributed by atoms with Crippen LogP contribution in [0.1, 0.15) is 207 Å². The molecule has 0 saturated carbocycles. The van der Waals surface area contributed by atoms with Crippen molar-refractivity contribution in [3.8, 4) is 22.3 Å². The van der Waals surface area contributed by atoms with Crippen molar-refractivity contribution in [2.75, 3.05) is 0 Å². The fourth-order valence-electron chi connectivity index (χ4n) is 12.2. The molecule has 0 amide bonds. The molecule has 0 fully saturated rings. The molecule has 2 nitrogen and oxygen atoms in total. The van der Waals surface area contributed by atoms with Crippen molar-refractivity contribution < 1.29 is 0 Å². The topological polar surface area (TPSA) is 8.82 Å². The van der Waals surface area contributed by atoms with Crippen LogP contribution in [-0.2, 0) is 21.7 Å². The molecule has 4 aromatic heterocycles. The van der Waals surface area contributed by atoms with Crippen molar-refractivity contribution in [2.45, 2.75) is 184 Å². The molecule has 0 radical (unpaired) electrons. The summed E-state index contributed by atoms with van der Waals surface area (Å²) in [5.41, 5.74) is 24.5. The molecule has 0 atom stereocenters. The van der Waals surface area contributed by atoms with E-state index in [0.717, 1.165) is 0 Å².